The maximum atomic E-state index is 12.4. The van der Waals surface area contributed by atoms with Gasteiger partial charge in [0.15, 0.2) is 0 Å². The van der Waals surface area contributed by atoms with Gasteiger partial charge in [0.1, 0.15) is 5.70 Å². The summed E-state index contributed by atoms with van der Waals surface area (Å²) in [5, 5.41) is 22.0. The van der Waals surface area contributed by atoms with Crippen molar-refractivity contribution in [3.05, 3.63) is 11.3 Å². The Hall–Kier alpha value is -2.46. The largest absolute Gasteiger partial charge is 0.477 e. The molecule has 0 saturated carbocycles. The Balaban J connectivity index is 1.70. The predicted molar refractivity (Wildman–Crippen MR) is 96.4 cm³/mol. The highest BCUT2D eigenvalue weighted by Gasteiger charge is 2.59. The predicted octanol–water partition coefficient (Wildman–Crippen LogP) is -1.89. The van der Waals surface area contributed by atoms with Gasteiger partial charge in [-0.2, -0.15) is 0 Å². The first kappa shape index (κ1) is 20.3. The number of aliphatic hydroxyl groups excluding tert-OH is 1. The average Bonchev–Trinajstić information content (AvgIpc) is 3.15. The number of nitrogens with one attached hydrogen (secondary N) is 1. The summed E-state index contributed by atoms with van der Waals surface area (Å²) in [4.78, 5) is 50.4. The van der Waals surface area contributed by atoms with Crippen LogP contribution >= 0.6 is 0 Å². The van der Waals surface area contributed by atoms with Gasteiger partial charge in [0.25, 0.3) is 0 Å². The second kappa shape index (κ2) is 7.51. The summed E-state index contributed by atoms with van der Waals surface area (Å²) >= 11 is 0. The van der Waals surface area contributed by atoms with E-state index in [0.717, 1.165) is 0 Å². The van der Waals surface area contributed by atoms with Crippen LogP contribution in [-0.2, 0) is 19.2 Å². The molecular weight excluding hydrogens is 368 g/mol. The van der Waals surface area contributed by atoms with E-state index in [2.05, 4.69) is 5.32 Å². The molecule has 154 valence electrons. The zero-order valence-corrected chi connectivity index (χ0v) is 15.9. The van der Waals surface area contributed by atoms with Gasteiger partial charge in [0.05, 0.1) is 30.5 Å². The van der Waals surface area contributed by atoms with E-state index < -0.39 is 23.9 Å². The van der Waals surface area contributed by atoms with E-state index in [1.54, 1.807) is 6.92 Å². The quantitative estimate of drug-likeness (QED) is 0.368. The van der Waals surface area contributed by atoms with Crippen LogP contribution in [0.1, 0.15) is 20.3 Å². The fourth-order valence-electron chi connectivity index (χ4n) is 4.60. The summed E-state index contributed by atoms with van der Waals surface area (Å²) in [7, 11) is 0. The van der Waals surface area contributed by atoms with E-state index in [4.69, 9.17) is 5.73 Å². The number of aliphatic carboxylic acids is 1. The minimum absolute atomic E-state index is 0.000954. The number of carbonyl (C=O) groups excluding carboxylic acids is 3. The second-order valence-corrected chi connectivity index (χ2v) is 7.84. The van der Waals surface area contributed by atoms with Crippen LogP contribution < -0.4 is 11.1 Å². The normalized spacial score (nSPS) is 30.8. The van der Waals surface area contributed by atoms with E-state index in [-0.39, 0.29) is 41.9 Å². The van der Waals surface area contributed by atoms with Crippen LogP contribution in [0, 0.1) is 17.8 Å². The Kier molecular flexibility index (Phi) is 5.44. The third-order valence-electron chi connectivity index (χ3n) is 5.99. The number of fused-ring (bicyclic) bond motifs is 1. The molecule has 3 rings (SSSR count). The van der Waals surface area contributed by atoms with Crippen molar-refractivity contribution in [2.75, 3.05) is 26.2 Å². The summed E-state index contributed by atoms with van der Waals surface area (Å²) in [5.41, 5.74) is 5.68. The molecule has 3 heterocycles. The Morgan fingerprint density at radius 1 is 1.36 bits per heavy atom. The monoisotopic (exact) mass is 394 g/mol. The molecule has 0 aromatic carbocycles. The minimum Gasteiger partial charge on any atom is -0.477 e. The fourth-order valence-corrected chi connectivity index (χ4v) is 4.60. The van der Waals surface area contributed by atoms with E-state index in [1.807, 2.05) is 11.8 Å². The van der Waals surface area contributed by atoms with Crippen LogP contribution in [0.5, 0.6) is 0 Å². The molecular formula is C18H26N4O6. The van der Waals surface area contributed by atoms with E-state index in [9.17, 15) is 29.4 Å². The Bertz CT molecular complexity index is 748. The van der Waals surface area contributed by atoms with Gasteiger partial charge in [-0.1, -0.05) is 6.92 Å². The van der Waals surface area contributed by atoms with Crippen LogP contribution in [0.3, 0.4) is 0 Å². The molecule has 0 aromatic heterocycles. The molecule has 0 aliphatic carbocycles. The molecule has 2 saturated heterocycles. The van der Waals surface area contributed by atoms with Crippen molar-refractivity contribution >= 4 is 23.7 Å². The fraction of sp³-hybridized carbons (Fsp3) is 0.667. The molecule has 3 aliphatic rings. The summed E-state index contributed by atoms with van der Waals surface area (Å²) in [6.45, 7) is 4.59. The molecule has 28 heavy (non-hydrogen) atoms. The number of carbonyl (C=O) groups is 4. The van der Waals surface area contributed by atoms with Gasteiger partial charge < -0.3 is 26.2 Å². The Morgan fingerprint density at radius 3 is 2.61 bits per heavy atom. The zero-order chi connectivity index (χ0) is 20.7. The SMILES string of the molecule is C[C@@H](O)C1C(=O)N2C(C(=O)O)=C(CN3CC[C@H](C(=O)NCC(N)=O)C3)[C@H](C)C12. The van der Waals surface area contributed by atoms with Crippen LogP contribution in [0.2, 0.25) is 0 Å². The molecule has 0 bridgehead atoms. The van der Waals surface area contributed by atoms with Crippen molar-refractivity contribution in [1.82, 2.24) is 15.1 Å². The number of nitrogens with two attached hydrogens (primary N) is 1. The number of primary amides is 1. The Labute approximate surface area is 162 Å². The second-order valence-electron chi connectivity index (χ2n) is 7.84. The number of β-lactam (4-membered cyclic amide) rings is 1. The van der Waals surface area contributed by atoms with Crippen molar-refractivity contribution < 1.29 is 29.4 Å². The average molecular weight is 394 g/mol. The maximum absolute atomic E-state index is 12.4. The molecule has 5 N–H and O–H groups in total. The van der Waals surface area contributed by atoms with E-state index >= 15 is 0 Å². The van der Waals surface area contributed by atoms with Gasteiger partial charge in [0, 0.05) is 19.0 Å². The van der Waals surface area contributed by atoms with Crippen LogP contribution in [0.4, 0.5) is 0 Å². The number of hydrogen-bond acceptors (Lipinski definition) is 6. The highest BCUT2D eigenvalue weighted by atomic mass is 16.4. The van der Waals surface area contributed by atoms with Crippen molar-refractivity contribution in [1.29, 1.82) is 0 Å². The van der Waals surface area contributed by atoms with Gasteiger partial charge in [-0.15, -0.1) is 0 Å². The molecule has 10 nitrogen and oxygen atoms in total. The van der Waals surface area contributed by atoms with Crippen molar-refractivity contribution in [2.24, 2.45) is 23.5 Å². The van der Waals surface area contributed by atoms with Crippen molar-refractivity contribution in [3.8, 4) is 0 Å². The molecule has 5 atom stereocenters. The lowest BCUT2D eigenvalue weighted by atomic mass is 9.77. The summed E-state index contributed by atoms with van der Waals surface area (Å²) in [6.07, 6.45) is -0.243. The molecule has 2 fully saturated rings. The molecule has 0 radical (unpaired) electrons. The number of carboxylic acid groups (broad SMARTS) is 1. The lowest BCUT2D eigenvalue weighted by molar-refractivity contribution is -0.163. The van der Waals surface area contributed by atoms with Gasteiger partial charge in [0.2, 0.25) is 17.7 Å². The number of nitrogens with zero attached hydrogens (tertiary/aromatic N) is 2. The molecule has 3 aliphatic heterocycles. The van der Waals surface area contributed by atoms with Crippen LogP contribution in [0.15, 0.2) is 11.3 Å². The summed E-state index contributed by atoms with van der Waals surface area (Å²) < 4.78 is 0. The third-order valence-corrected chi connectivity index (χ3v) is 5.99. The van der Waals surface area contributed by atoms with Gasteiger partial charge in [-0.05, 0) is 25.5 Å². The number of rotatable bonds is 7. The maximum Gasteiger partial charge on any atom is 0.352 e. The summed E-state index contributed by atoms with van der Waals surface area (Å²) in [6, 6.07) is -0.342. The third kappa shape index (κ3) is 3.37. The molecule has 3 amide bonds. The molecule has 0 aromatic rings. The first-order valence-electron chi connectivity index (χ1n) is 9.39. The highest BCUT2D eigenvalue weighted by Crippen LogP contribution is 2.47. The van der Waals surface area contributed by atoms with Crippen LogP contribution in [-0.4, -0.2) is 82.0 Å². The van der Waals surface area contributed by atoms with E-state index in [1.165, 1.54) is 4.90 Å². The lowest BCUT2D eigenvalue weighted by Crippen LogP contribution is -2.63. The molecule has 0 spiro atoms. The van der Waals surface area contributed by atoms with Crippen LogP contribution in [0.25, 0.3) is 0 Å². The van der Waals surface area contributed by atoms with Crippen molar-refractivity contribution in [3.63, 3.8) is 0 Å². The number of amides is 3. The van der Waals surface area contributed by atoms with Gasteiger partial charge >= 0.3 is 5.97 Å². The first-order chi connectivity index (χ1) is 13.1. The van der Waals surface area contributed by atoms with Crippen molar-refractivity contribution in [2.45, 2.75) is 32.4 Å². The van der Waals surface area contributed by atoms with Gasteiger partial charge in [-0.3, -0.25) is 19.3 Å². The zero-order valence-electron chi connectivity index (χ0n) is 15.9. The number of likely N-dealkylation sites (tertiary alicyclic amines) is 1. The number of carboxylic acids is 1. The topological polar surface area (TPSA) is 153 Å². The minimum atomic E-state index is -1.16. The standard InChI is InChI=1S/C18H26N4O6/c1-8-11(7-21-4-3-10(6-21)16(25)20-5-12(19)24)15(18(27)28)22-14(8)13(9(2)23)17(22)26/h8-10,13-14,23H,3-7H2,1-2H3,(H2,19,24)(H,20,25)(H,27,28)/t8-,9+,10-,13?,14?/m0/s1. The molecule has 2 unspecified atom stereocenters. The number of aliphatic hydroxyl groups is 1. The Morgan fingerprint density at radius 2 is 2.04 bits per heavy atom. The van der Waals surface area contributed by atoms with E-state index in [0.29, 0.717) is 31.6 Å². The first-order valence-corrected chi connectivity index (χ1v) is 9.39. The lowest BCUT2D eigenvalue weighted by Gasteiger charge is -2.46. The molecule has 10 heteroatoms. The smallest absolute Gasteiger partial charge is 0.352 e. The van der Waals surface area contributed by atoms with Gasteiger partial charge in [-0.25, -0.2) is 4.79 Å². The summed E-state index contributed by atoms with van der Waals surface area (Å²) in [5.74, 6) is -3.45. The highest BCUT2D eigenvalue weighted by molar-refractivity contribution is 6.00. The number of hydrogen-bond donors (Lipinski definition) is 4.